The van der Waals surface area contributed by atoms with Gasteiger partial charge in [0.05, 0.1) is 16.6 Å². The predicted octanol–water partition coefficient (Wildman–Crippen LogP) is 5.02. The van der Waals surface area contributed by atoms with Gasteiger partial charge in [0.15, 0.2) is 0 Å². The molecule has 0 aliphatic rings. The average Bonchev–Trinajstić information content (AvgIpc) is 2.61. The number of benzene rings is 2. The highest BCUT2D eigenvalue weighted by Crippen LogP contribution is 2.21. The number of halogens is 2. The van der Waals surface area contributed by atoms with Gasteiger partial charge in [-0.25, -0.2) is 0 Å². The van der Waals surface area contributed by atoms with Crippen LogP contribution in [0.1, 0.15) is 49.2 Å². The Balaban J connectivity index is 2.11. The van der Waals surface area contributed by atoms with Crippen molar-refractivity contribution in [3.8, 4) is 0 Å². The van der Waals surface area contributed by atoms with Gasteiger partial charge in [0, 0.05) is 5.02 Å². The fourth-order valence-electron chi connectivity index (χ4n) is 2.75. The molecule has 4 nitrogen and oxygen atoms in total. The summed E-state index contributed by atoms with van der Waals surface area (Å²) in [6, 6.07) is 13.5. The van der Waals surface area contributed by atoms with Crippen molar-refractivity contribution in [2.45, 2.75) is 39.3 Å². The van der Waals surface area contributed by atoms with Gasteiger partial charge in [-0.1, -0.05) is 67.4 Å². The molecule has 0 bridgehead atoms. The number of carbonyl (C=O) groups excluding carboxylic acids is 2. The molecule has 0 unspecified atom stereocenters. The number of hydrogen-bond donors (Lipinski definition) is 2. The largest absolute Gasteiger partial charge is 0.348 e. The van der Waals surface area contributed by atoms with E-state index in [0.717, 1.165) is 5.56 Å². The maximum atomic E-state index is 12.8. The Morgan fingerprint density at radius 1 is 0.963 bits per heavy atom. The molecule has 2 aromatic rings. The molecule has 2 rings (SSSR count). The molecule has 0 radical (unpaired) electrons. The fraction of sp³-hybridized carbons (Fsp3) is 0.333. The summed E-state index contributed by atoms with van der Waals surface area (Å²) >= 11 is 12.0. The van der Waals surface area contributed by atoms with Gasteiger partial charge in [-0.15, -0.1) is 0 Å². The first-order chi connectivity index (χ1) is 12.8. The predicted molar refractivity (Wildman–Crippen MR) is 110 cm³/mol. The molecule has 2 aromatic carbocycles. The molecule has 0 spiro atoms. The molecule has 0 aliphatic heterocycles. The van der Waals surface area contributed by atoms with E-state index in [2.05, 4.69) is 10.6 Å². The molecule has 0 aromatic heterocycles. The molecular formula is C21H24Cl2N2O2. The summed E-state index contributed by atoms with van der Waals surface area (Å²) in [6.45, 7) is 5.92. The average molecular weight is 407 g/mol. The van der Waals surface area contributed by atoms with Gasteiger partial charge in [-0.2, -0.15) is 0 Å². The van der Waals surface area contributed by atoms with E-state index in [1.165, 1.54) is 6.07 Å². The van der Waals surface area contributed by atoms with Crippen LogP contribution in [0.3, 0.4) is 0 Å². The zero-order valence-electron chi connectivity index (χ0n) is 15.6. The number of nitrogens with one attached hydrogen (secondary N) is 2. The maximum Gasteiger partial charge on any atom is 0.253 e. The van der Waals surface area contributed by atoms with Crippen LogP contribution in [0.2, 0.25) is 10.0 Å². The molecule has 0 fully saturated rings. The van der Waals surface area contributed by atoms with Crippen molar-refractivity contribution in [3.63, 3.8) is 0 Å². The van der Waals surface area contributed by atoms with E-state index < -0.39 is 11.9 Å². The zero-order valence-corrected chi connectivity index (χ0v) is 17.1. The van der Waals surface area contributed by atoms with E-state index in [0.29, 0.717) is 17.0 Å². The molecule has 2 N–H and O–H groups in total. The van der Waals surface area contributed by atoms with Crippen LogP contribution in [0, 0.1) is 5.92 Å². The highest BCUT2D eigenvalue weighted by atomic mass is 35.5. The second kappa shape index (κ2) is 9.77. The minimum Gasteiger partial charge on any atom is -0.348 e. The highest BCUT2D eigenvalue weighted by Gasteiger charge is 2.24. The van der Waals surface area contributed by atoms with Crippen molar-refractivity contribution >= 4 is 35.0 Å². The summed E-state index contributed by atoms with van der Waals surface area (Å²) < 4.78 is 0. The van der Waals surface area contributed by atoms with Crippen molar-refractivity contribution in [2.24, 2.45) is 5.92 Å². The highest BCUT2D eigenvalue weighted by molar-refractivity contribution is 6.36. The molecule has 0 saturated carbocycles. The fourth-order valence-corrected chi connectivity index (χ4v) is 3.25. The first kappa shape index (κ1) is 21.3. The summed E-state index contributed by atoms with van der Waals surface area (Å²) in [5.74, 6) is -0.392. The van der Waals surface area contributed by atoms with Crippen LogP contribution in [-0.4, -0.2) is 17.9 Å². The standard InChI is InChI=1S/C21H24Cl2N2O2/c1-13(2)11-19(21(27)24-14(3)15-7-5-4-6-8-15)25-20(26)17-10-9-16(22)12-18(17)23/h4-10,12-14,19H,11H2,1-3H3,(H,24,27)(H,25,26)/t14-,19-/m1/s1. The SMILES string of the molecule is CC(C)C[C@@H](NC(=O)c1ccc(Cl)cc1Cl)C(=O)N[C@H](C)c1ccccc1. The zero-order chi connectivity index (χ0) is 20.0. The summed E-state index contributed by atoms with van der Waals surface area (Å²) in [6.07, 6.45) is 0.518. The van der Waals surface area contributed by atoms with Crippen LogP contribution in [0.5, 0.6) is 0 Å². The third kappa shape index (κ3) is 6.26. The van der Waals surface area contributed by atoms with Crippen molar-refractivity contribution < 1.29 is 9.59 Å². The Morgan fingerprint density at radius 3 is 2.22 bits per heavy atom. The molecule has 0 heterocycles. The summed E-state index contributed by atoms with van der Waals surface area (Å²) in [7, 11) is 0. The molecule has 0 saturated heterocycles. The number of hydrogen-bond acceptors (Lipinski definition) is 2. The van der Waals surface area contributed by atoms with Gasteiger partial charge in [-0.3, -0.25) is 9.59 Å². The molecular weight excluding hydrogens is 383 g/mol. The lowest BCUT2D eigenvalue weighted by atomic mass is 10.0. The smallest absolute Gasteiger partial charge is 0.253 e. The van der Waals surface area contributed by atoms with Crippen LogP contribution in [0.25, 0.3) is 0 Å². The second-order valence-corrected chi connectivity index (χ2v) is 7.76. The monoisotopic (exact) mass is 406 g/mol. The van der Waals surface area contributed by atoms with Crippen LogP contribution in [0.4, 0.5) is 0 Å². The Morgan fingerprint density at radius 2 is 1.63 bits per heavy atom. The molecule has 2 amide bonds. The van der Waals surface area contributed by atoms with Gasteiger partial charge in [0.1, 0.15) is 6.04 Å². The first-order valence-corrected chi connectivity index (χ1v) is 9.64. The molecule has 144 valence electrons. The lowest BCUT2D eigenvalue weighted by Gasteiger charge is -2.23. The third-order valence-corrected chi connectivity index (χ3v) is 4.71. The number of amides is 2. The van der Waals surface area contributed by atoms with Gasteiger partial charge >= 0.3 is 0 Å². The molecule has 27 heavy (non-hydrogen) atoms. The summed E-state index contributed by atoms with van der Waals surface area (Å²) in [4.78, 5) is 25.4. The second-order valence-electron chi connectivity index (χ2n) is 6.92. The Bertz CT molecular complexity index is 794. The summed E-state index contributed by atoms with van der Waals surface area (Å²) in [5, 5.41) is 6.48. The molecule has 6 heteroatoms. The van der Waals surface area contributed by atoms with Gasteiger partial charge in [0.2, 0.25) is 5.91 Å². The lowest BCUT2D eigenvalue weighted by Crippen LogP contribution is -2.48. The van der Waals surface area contributed by atoms with Crippen molar-refractivity contribution in [1.29, 1.82) is 0 Å². The van der Waals surface area contributed by atoms with Crippen LogP contribution in [0.15, 0.2) is 48.5 Å². The maximum absolute atomic E-state index is 12.8. The minimum atomic E-state index is -0.657. The van der Waals surface area contributed by atoms with E-state index in [4.69, 9.17) is 23.2 Å². The van der Waals surface area contributed by atoms with Crippen molar-refractivity contribution in [2.75, 3.05) is 0 Å². The van der Waals surface area contributed by atoms with E-state index >= 15 is 0 Å². The Labute approximate surface area is 170 Å². The van der Waals surface area contributed by atoms with E-state index in [9.17, 15) is 9.59 Å². The number of rotatable bonds is 7. The van der Waals surface area contributed by atoms with Gasteiger partial charge in [0.25, 0.3) is 5.91 Å². The van der Waals surface area contributed by atoms with Crippen LogP contribution in [-0.2, 0) is 4.79 Å². The van der Waals surface area contributed by atoms with E-state index in [1.54, 1.807) is 12.1 Å². The van der Waals surface area contributed by atoms with Gasteiger partial charge in [-0.05, 0) is 43.0 Å². The lowest BCUT2D eigenvalue weighted by molar-refractivity contribution is -0.124. The topological polar surface area (TPSA) is 58.2 Å². The molecule has 2 atom stereocenters. The first-order valence-electron chi connectivity index (χ1n) is 8.89. The summed E-state index contributed by atoms with van der Waals surface area (Å²) in [5.41, 5.74) is 1.29. The third-order valence-electron chi connectivity index (χ3n) is 4.16. The van der Waals surface area contributed by atoms with E-state index in [1.807, 2.05) is 51.1 Å². The quantitative estimate of drug-likeness (QED) is 0.678. The Hall–Kier alpha value is -2.04. The Kier molecular flexibility index (Phi) is 7.69. The van der Waals surface area contributed by atoms with Crippen molar-refractivity contribution in [3.05, 3.63) is 69.7 Å². The van der Waals surface area contributed by atoms with E-state index in [-0.39, 0.29) is 22.9 Å². The number of carbonyl (C=O) groups is 2. The molecule has 0 aliphatic carbocycles. The minimum absolute atomic E-state index is 0.163. The van der Waals surface area contributed by atoms with Crippen LogP contribution < -0.4 is 10.6 Å². The normalized spacial score (nSPS) is 13.1. The van der Waals surface area contributed by atoms with Crippen molar-refractivity contribution in [1.82, 2.24) is 10.6 Å². The van der Waals surface area contributed by atoms with Crippen LogP contribution >= 0.6 is 23.2 Å². The van der Waals surface area contributed by atoms with Gasteiger partial charge < -0.3 is 10.6 Å².